The van der Waals surface area contributed by atoms with Gasteiger partial charge < -0.3 is 14.8 Å². The van der Waals surface area contributed by atoms with E-state index in [0.717, 1.165) is 31.1 Å². The van der Waals surface area contributed by atoms with Gasteiger partial charge in [-0.15, -0.1) is 0 Å². The van der Waals surface area contributed by atoms with Crippen LogP contribution in [0, 0.1) is 5.92 Å². The number of nitrogens with one attached hydrogen (secondary N) is 1. The summed E-state index contributed by atoms with van der Waals surface area (Å²) in [6, 6.07) is 1.87. The SMILES string of the molecule is CC(C)COc1cc(NC(C)(C)C)nc(C2CCCO2)n1. The fourth-order valence-electron chi connectivity index (χ4n) is 2.14. The van der Waals surface area contributed by atoms with Gasteiger partial charge in [0.2, 0.25) is 5.88 Å². The molecule has 118 valence electrons. The maximum absolute atomic E-state index is 5.78. The molecule has 0 spiro atoms. The largest absolute Gasteiger partial charge is 0.477 e. The predicted molar refractivity (Wildman–Crippen MR) is 83.7 cm³/mol. The summed E-state index contributed by atoms with van der Waals surface area (Å²) >= 11 is 0. The van der Waals surface area contributed by atoms with Gasteiger partial charge >= 0.3 is 0 Å². The van der Waals surface area contributed by atoms with Crippen LogP contribution in [0.1, 0.15) is 59.4 Å². The summed E-state index contributed by atoms with van der Waals surface area (Å²) in [4.78, 5) is 9.12. The van der Waals surface area contributed by atoms with E-state index in [0.29, 0.717) is 18.4 Å². The van der Waals surface area contributed by atoms with Crippen molar-refractivity contribution >= 4 is 5.82 Å². The molecule has 5 heteroatoms. The molecule has 1 aromatic rings. The van der Waals surface area contributed by atoms with Crippen molar-refractivity contribution in [2.45, 2.75) is 59.1 Å². The van der Waals surface area contributed by atoms with Crippen molar-refractivity contribution in [3.05, 3.63) is 11.9 Å². The minimum absolute atomic E-state index is 0.00637. The molecule has 5 nitrogen and oxygen atoms in total. The third-order valence-corrected chi connectivity index (χ3v) is 3.01. The molecule has 1 aromatic heterocycles. The Bertz CT molecular complexity index is 463. The Kier molecular flexibility index (Phi) is 5.04. The van der Waals surface area contributed by atoms with Crippen molar-refractivity contribution in [1.29, 1.82) is 0 Å². The monoisotopic (exact) mass is 293 g/mol. The smallest absolute Gasteiger partial charge is 0.218 e. The molecule has 1 fully saturated rings. The highest BCUT2D eigenvalue weighted by Crippen LogP contribution is 2.29. The highest BCUT2D eigenvalue weighted by atomic mass is 16.5. The van der Waals surface area contributed by atoms with Gasteiger partial charge in [-0.05, 0) is 39.5 Å². The summed E-state index contributed by atoms with van der Waals surface area (Å²) in [7, 11) is 0. The molecule has 0 amide bonds. The van der Waals surface area contributed by atoms with Crippen LogP contribution in [-0.4, -0.2) is 28.7 Å². The van der Waals surface area contributed by atoms with Crippen molar-refractivity contribution in [3.63, 3.8) is 0 Å². The van der Waals surface area contributed by atoms with E-state index < -0.39 is 0 Å². The molecule has 2 rings (SSSR count). The number of anilines is 1. The second kappa shape index (κ2) is 6.60. The van der Waals surface area contributed by atoms with Crippen LogP contribution >= 0.6 is 0 Å². The van der Waals surface area contributed by atoms with Crippen LogP contribution in [0.25, 0.3) is 0 Å². The van der Waals surface area contributed by atoms with Gasteiger partial charge in [0.25, 0.3) is 0 Å². The summed E-state index contributed by atoms with van der Waals surface area (Å²) in [6.07, 6.45) is 2.03. The van der Waals surface area contributed by atoms with Crippen LogP contribution in [0.15, 0.2) is 6.07 Å². The number of hydrogen-bond donors (Lipinski definition) is 1. The predicted octanol–water partition coefficient (Wildman–Crippen LogP) is 3.57. The van der Waals surface area contributed by atoms with Gasteiger partial charge in [0.05, 0.1) is 6.61 Å². The van der Waals surface area contributed by atoms with Gasteiger partial charge in [-0.1, -0.05) is 13.8 Å². The van der Waals surface area contributed by atoms with E-state index in [2.05, 4.69) is 49.9 Å². The molecule has 0 aliphatic carbocycles. The molecule has 0 radical (unpaired) electrons. The molecule has 0 aromatic carbocycles. The van der Waals surface area contributed by atoms with Gasteiger partial charge in [0.1, 0.15) is 11.9 Å². The maximum Gasteiger partial charge on any atom is 0.218 e. The van der Waals surface area contributed by atoms with E-state index in [4.69, 9.17) is 9.47 Å². The Morgan fingerprint density at radius 1 is 1.38 bits per heavy atom. The Hall–Kier alpha value is -1.36. The highest BCUT2D eigenvalue weighted by Gasteiger charge is 2.23. The average Bonchev–Trinajstić information content (AvgIpc) is 2.87. The lowest BCUT2D eigenvalue weighted by atomic mass is 10.1. The van der Waals surface area contributed by atoms with Crippen molar-refractivity contribution in [2.75, 3.05) is 18.5 Å². The summed E-state index contributed by atoms with van der Waals surface area (Å²) in [5.74, 6) is 2.60. The summed E-state index contributed by atoms with van der Waals surface area (Å²) in [6.45, 7) is 12.0. The van der Waals surface area contributed by atoms with Gasteiger partial charge in [-0.25, -0.2) is 4.98 Å². The van der Waals surface area contributed by atoms with Crippen LogP contribution < -0.4 is 10.1 Å². The third-order valence-electron chi connectivity index (χ3n) is 3.01. The molecule has 2 heterocycles. The molecule has 1 atom stereocenters. The van der Waals surface area contributed by atoms with Crippen LogP contribution in [0.5, 0.6) is 5.88 Å². The fraction of sp³-hybridized carbons (Fsp3) is 0.750. The molecule has 1 aliphatic rings. The zero-order valence-corrected chi connectivity index (χ0v) is 13.8. The number of nitrogens with zero attached hydrogens (tertiary/aromatic N) is 2. The fourth-order valence-corrected chi connectivity index (χ4v) is 2.14. The summed E-state index contributed by atoms with van der Waals surface area (Å²) in [5.41, 5.74) is -0.0581. The van der Waals surface area contributed by atoms with Crippen molar-refractivity contribution in [1.82, 2.24) is 9.97 Å². The molecular weight excluding hydrogens is 266 g/mol. The topological polar surface area (TPSA) is 56.3 Å². The minimum atomic E-state index is -0.0581. The summed E-state index contributed by atoms with van der Waals surface area (Å²) in [5, 5.41) is 3.39. The van der Waals surface area contributed by atoms with E-state index >= 15 is 0 Å². The second-order valence-electron chi connectivity index (χ2n) is 7.03. The number of ether oxygens (including phenoxy) is 2. The minimum Gasteiger partial charge on any atom is -0.477 e. The quantitative estimate of drug-likeness (QED) is 0.899. The molecule has 21 heavy (non-hydrogen) atoms. The maximum atomic E-state index is 5.78. The lowest BCUT2D eigenvalue weighted by Crippen LogP contribution is -2.27. The van der Waals surface area contributed by atoms with Crippen molar-refractivity contribution < 1.29 is 9.47 Å². The van der Waals surface area contributed by atoms with Crippen LogP contribution in [-0.2, 0) is 4.74 Å². The average molecular weight is 293 g/mol. The number of aromatic nitrogens is 2. The molecule has 1 N–H and O–H groups in total. The third kappa shape index (κ3) is 5.16. The first-order chi connectivity index (χ1) is 9.83. The normalized spacial score (nSPS) is 19.0. The first-order valence-electron chi connectivity index (χ1n) is 7.75. The Labute approximate surface area is 127 Å². The first kappa shape index (κ1) is 16.0. The second-order valence-corrected chi connectivity index (χ2v) is 7.03. The molecule has 0 bridgehead atoms. The van der Waals surface area contributed by atoms with Gasteiger partial charge in [0, 0.05) is 18.2 Å². The highest BCUT2D eigenvalue weighted by molar-refractivity contribution is 5.40. The molecular formula is C16H27N3O2. The van der Waals surface area contributed by atoms with Crippen LogP contribution in [0.4, 0.5) is 5.82 Å². The molecule has 1 saturated heterocycles. The van der Waals surface area contributed by atoms with E-state index in [1.807, 2.05) is 6.07 Å². The molecule has 1 aliphatic heterocycles. The van der Waals surface area contributed by atoms with Crippen molar-refractivity contribution in [2.24, 2.45) is 5.92 Å². The van der Waals surface area contributed by atoms with E-state index in [1.54, 1.807) is 0 Å². The lowest BCUT2D eigenvalue weighted by molar-refractivity contribution is 0.104. The molecule has 0 saturated carbocycles. The lowest BCUT2D eigenvalue weighted by Gasteiger charge is -2.22. The number of hydrogen-bond acceptors (Lipinski definition) is 5. The number of rotatable bonds is 5. The van der Waals surface area contributed by atoms with Crippen LogP contribution in [0.3, 0.4) is 0 Å². The Morgan fingerprint density at radius 2 is 2.14 bits per heavy atom. The standard InChI is InChI=1S/C16H27N3O2/c1-11(2)10-21-14-9-13(19-16(3,4)5)17-15(18-14)12-7-6-8-20-12/h9,11-12H,6-8,10H2,1-5H3,(H,17,18,19). The Morgan fingerprint density at radius 3 is 2.71 bits per heavy atom. The van der Waals surface area contributed by atoms with E-state index in [9.17, 15) is 0 Å². The zero-order valence-electron chi connectivity index (χ0n) is 13.8. The van der Waals surface area contributed by atoms with E-state index in [-0.39, 0.29) is 11.6 Å². The first-order valence-corrected chi connectivity index (χ1v) is 7.75. The van der Waals surface area contributed by atoms with Gasteiger partial charge in [-0.3, -0.25) is 0 Å². The summed E-state index contributed by atoms with van der Waals surface area (Å²) < 4.78 is 11.5. The van der Waals surface area contributed by atoms with Crippen LogP contribution in [0.2, 0.25) is 0 Å². The zero-order chi connectivity index (χ0) is 15.5. The van der Waals surface area contributed by atoms with Gasteiger partial charge in [-0.2, -0.15) is 4.98 Å². The van der Waals surface area contributed by atoms with Gasteiger partial charge in [0.15, 0.2) is 5.82 Å². The van der Waals surface area contributed by atoms with E-state index in [1.165, 1.54) is 0 Å². The molecule has 1 unspecified atom stereocenters. The van der Waals surface area contributed by atoms with Crippen molar-refractivity contribution in [3.8, 4) is 5.88 Å². The Balaban J connectivity index is 2.22.